The van der Waals surface area contributed by atoms with Gasteiger partial charge in [0.25, 0.3) is 5.91 Å². The van der Waals surface area contributed by atoms with Gasteiger partial charge in [0.15, 0.2) is 11.6 Å². The molecule has 1 saturated heterocycles. The lowest BCUT2D eigenvalue weighted by atomic mass is 10.1. The molecule has 3 aromatic rings. The van der Waals surface area contributed by atoms with Crippen LogP contribution in [-0.2, 0) is 0 Å². The Labute approximate surface area is 144 Å². The van der Waals surface area contributed by atoms with Crippen LogP contribution in [0.4, 0.5) is 5.95 Å². The van der Waals surface area contributed by atoms with E-state index >= 15 is 0 Å². The molecule has 3 heterocycles. The molecule has 0 aliphatic carbocycles. The number of aromatic nitrogens is 3. The van der Waals surface area contributed by atoms with Crippen molar-refractivity contribution in [3.63, 3.8) is 0 Å². The highest BCUT2D eigenvalue weighted by atomic mass is 16.3. The Morgan fingerprint density at radius 3 is 2.68 bits per heavy atom. The number of rotatable bonds is 3. The molecule has 0 unspecified atom stereocenters. The minimum Gasteiger partial charge on any atom is -0.453 e. The summed E-state index contributed by atoms with van der Waals surface area (Å²) in [6, 6.07) is 11.2. The van der Waals surface area contributed by atoms with Crippen LogP contribution < -0.4 is 5.73 Å². The van der Waals surface area contributed by atoms with E-state index in [1.165, 1.54) is 6.42 Å². The van der Waals surface area contributed by atoms with Crippen molar-refractivity contribution in [3.05, 3.63) is 42.0 Å². The molecule has 2 aromatic heterocycles. The summed E-state index contributed by atoms with van der Waals surface area (Å²) in [5.74, 6) is 1.94. The zero-order valence-corrected chi connectivity index (χ0v) is 13.7. The highest BCUT2D eigenvalue weighted by Crippen LogP contribution is 2.28. The van der Waals surface area contributed by atoms with E-state index in [0.717, 1.165) is 31.5 Å². The Morgan fingerprint density at radius 2 is 1.92 bits per heavy atom. The third kappa shape index (κ3) is 3.13. The summed E-state index contributed by atoms with van der Waals surface area (Å²) in [7, 11) is 0. The normalized spacial score (nSPS) is 14.6. The molecule has 1 aliphatic rings. The van der Waals surface area contributed by atoms with Crippen molar-refractivity contribution in [1.82, 2.24) is 20.1 Å². The van der Waals surface area contributed by atoms with Crippen molar-refractivity contribution in [1.29, 1.82) is 0 Å². The number of carbonyl (C=O) groups is 1. The van der Waals surface area contributed by atoms with Gasteiger partial charge in [-0.25, -0.2) is 0 Å². The van der Waals surface area contributed by atoms with Gasteiger partial charge in [0.2, 0.25) is 5.95 Å². The second kappa shape index (κ2) is 6.43. The first-order valence-corrected chi connectivity index (χ1v) is 8.38. The molecular formula is C18H19N5O2. The number of hydrogen-bond donors (Lipinski definition) is 2. The Kier molecular flexibility index (Phi) is 3.97. The second-order valence-electron chi connectivity index (χ2n) is 6.14. The van der Waals surface area contributed by atoms with Gasteiger partial charge in [0.1, 0.15) is 5.76 Å². The maximum absolute atomic E-state index is 12.7. The Hall–Kier alpha value is -3.09. The van der Waals surface area contributed by atoms with Crippen molar-refractivity contribution in [2.45, 2.75) is 19.3 Å². The zero-order chi connectivity index (χ0) is 17.2. The third-order valence-electron chi connectivity index (χ3n) is 4.38. The number of nitrogens with zero attached hydrogens (tertiary/aromatic N) is 3. The molecule has 0 saturated carbocycles. The molecule has 1 aromatic carbocycles. The van der Waals surface area contributed by atoms with Crippen LogP contribution in [0.25, 0.3) is 22.9 Å². The van der Waals surface area contributed by atoms with Crippen molar-refractivity contribution in [3.8, 4) is 22.9 Å². The number of anilines is 1. The summed E-state index contributed by atoms with van der Waals surface area (Å²) in [5, 5.41) is 6.51. The molecule has 7 nitrogen and oxygen atoms in total. The average molecular weight is 337 g/mol. The van der Waals surface area contributed by atoms with Crippen molar-refractivity contribution in [2.75, 3.05) is 18.8 Å². The topological polar surface area (TPSA) is 101 Å². The quantitative estimate of drug-likeness (QED) is 0.765. The molecule has 0 radical (unpaired) electrons. The van der Waals surface area contributed by atoms with E-state index in [4.69, 9.17) is 10.2 Å². The van der Waals surface area contributed by atoms with Crippen LogP contribution in [-0.4, -0.2) is 39.1 Å². The maximum atomic E-state index is 12.7. The van der Waals surface area contributed by atoms with Gasteiger partial charge >= 0.3 is 0 Å². The first-order valence-electron chi connectivity index (χ1n) is 8.38. The highest BCUT2D eigenvalue weighted by molar-refractivity contribution is 5.95. The fourth-order valence-corrected chi connectivity index (χ4v) is 3.09. The summed E-state index contributed by atoms with van der Waals surface area (Å²) < 4.78 is 5.84. The predicted molar refractivity (Wildman–Crippen MR) is 93.7 cm³/mol. The van der Waals surface area contributed by atoms with Crippen molar-refractivity contribution in [2.24, 2.45) is 0 Å². The van der Waals surface area contributed by atoms with Crippen LogP contribution in [0.5, 0.6) is 0 Å². The second-order valence-corrected chi connectivity index (χ2v) is 6.14. The number of nitrogens with two attached hydrogens (primary N) is 1. The number of likely N-dealkylation sites (tertiary alicyclic amines) is 1. The minimum absolute atomic E-state index is 0.0799. The lowest BCUT2D eigenvalue weighted by Gasteiger charge is -2.26. The lowest BCUT2D eigenvalue weighted by molar-refractivity contribution is 0.0724. The zero-order valence-electron chi connectivity index (χ0n) is 13.7. The fourth-order valence-electron chi connectivity index (χ4n) is 3.09. The Balaban J connectivity index is 1.59. The van der Waals surface area contributed by atoms with Gasteiger partial charge in [-0.3, -0.25) is 9.89 Å². The van der Waals surface area contributed by atoms with Crippen LogP contribution in [0.3, 0.4) is 0 Å². The van der Waals surface area contributed by atoms with Crippen LogP contribution in [0.15, 0.2) is 40.8 Å². The number of aromatic amines is 1. The number of piperidine rings is 1. The Morgan fingerprint density at radius 1 is 1.12 bits per heavy atom. The van der Waals surface area contributed by atoms with Gasteiger partial charge in [0.05, 0.1) is 0 Å². The van der Waals surface area contributed by atoms with Crippen LogP contribution in [0.1, 0.15) is 29.6 Å². The molecule has 1 aliphatic heterocycles. The number of H-pyrrole nitrogens is 1. The summed E-state index contributed by atoms with van der Waals surface area (Å²) >= 11 is 0. The first kappa shape index (κ1) is 15.4. The van der Waals surface area contributed by atoms with E-state index in [-0.39, 0.29) is 11.9 Å². The number of hydrogen-bond acceptors (Lipinski definition) is 5. The predicted octanol–water partition coefficient (Wildman–Crippen LogP) is 2.94. The largest absolute Gasteiger partial charge is 0.453 e. The molecule has 128 valence electrons. The molecule has 3 N–H and O–H groups in total. The van der Waals surface area contributed by atoms with Crippen LogP contribution in [0.2, 0.25) is 0 Å². The minimum atomic E-state index is 0.0799. The summed E-state index contributed by atoms with van der Waals surface area (Å²) in [6.45, 7) is 1.67. The van der Waals surface area contributed by atoms with E-state index in [9.17, 15) is 4.79 Å². The monoisotopic (exact) mass is 337 g/mol. The molecule has 1 fully saturated rings. The molecule has 0 atom stereocenters. The summed E-state index contributed by atoms with van der Waals surface area (Å²) in [6.07, 6.45) is 3.35. The van der Waals surface area contributed by atoms with Gasteiger partial charge in [-0.2, -0.15) is 4.98 Å². The Bertz CT molecular complexity index is 892. The van der Waals surface area contributed by atoms with Gasteiger partial charge in [-0.05, 0) is 43.5 Å². The van der Waals surface area contributed by atoms with Gasteiger partial charge in [-0.15, -0.1) is 5.10 Å². The van der Waals surface area contributed by atoms with E-state index in [1.807, 2.05) is 35.2 Å². The number of benzene rings is 1. The fraction of sp³-hybridized carbons (Fsp3) is 0.278. The molecule has 0 bridgehead atoms. The maximum Gasteiger partial charge on any atom is 0.253 e. The highest BCUT2D eigenvalue weighted by Gasteiger charge is 2.19. The number of amides is 1. The molecule has 0 spiro atoms. The van der Waals surface area contributed by atoms with Crippen LogP contribution in [0, 0.1) is 0 Å². The lowest BCUT2D eigenvalue weighted by Crippen LogP contribution is -2.35. The molecule has 1 amide bonds. The number of nitrogens with one attached hydrogen (secondary N) is 1. The van der Waals surface area contributed by atoms with Crippen LogP contribution >= 0.6 is 0 Å². The van der Waals surface area contributed by atoms with E-state index < -0.39 is 0 Å². The number of nitrogen functional groups attached to an aromatic ring is 1. The SMILES string of the molecule is Nc1n[nH]c(-c2ccc(-c3cccc(C(=O)N4CCCCC4)c3)o2)n1. The molecule has 25 heavy (non-hydrogen) atoms. The first-order chi connectivity index (χ1) is 12.2. The third-order valence-corrected chi connectivity index (χ3v) is 4.38. The summed E-state index contributed by atoms with van der Waals surface area (Å²) in [5.41, 5.74) is 7.05. The average Bonchev–Trinajstić information content (AvgIpc) is 3.31. The smallest absolute Gasteiger partial charge is 0.253 e. The van der Waals surface area contributed by atoms with Gasteiger partial charge < -0.3 is 15.1 Å². The van der Waals surface area contributed by atoms with E-state index in [2.05, 4.69) is 15.2 Å². The molecule has 7 heteroatoms. The molecular weight excluding hydrogens is 318 g/mol. The van der Waals surface area contributed by atoms with Crippen molar-refractivity contribution >= 4 is 11.9 Å². The van der Waals surface area contributed by atoms with Crippen molar-refractivity contribution < 1.29 is 9.21 Å². The summed E-state index contributed by atoms with van der Waals surface area (Å²) in [4.78, 5) is 18.6. The standard InChI is InChI=1S/C18H19N5O2/c19-18-20-16(21-22-18)15-8-7-14(25-15)12-5-4-6-13(11-12)17(24)23-9-2-1-3-10-23/h4-8,11H,1-3,9-10H2,(H3,19,20,21,22). The molecule has 4 rings (SSSR count). The van der Waals surface area contributed by atoms with Gasteiger partial charge in [0, 0.05) is 24.2 Å². The van der Waals surface area contributed by atoms with E-state index in [0.29, 0.717) is 22.9 Å². The number of furan rings is 1. The van der Waals surface area contributed by atoms with E-state index in [1.54, 1.807) is 6.07 Å². The van der Waals surface area contributed by atoms with Gasteiger partial charge in [-0.1, -0.05) is 12.1 Å². The number of carbonyl (C=O) groups excluding carboxylic acids is 1.